The first-order chi connectivity index (χ1) is 23.2. The van der Waals surface area contributed by atoms with Crippen LogP contribution >= 0.6 is 0 Å². The van der Waals surface area contributed by atoms with E-state index in [1.54, 1.807) is 19.2 Å². The Bertz CT molecular complexity index is 1570. The van der Waals surface area contributed by atoms with Crippen LogP contribution in [0.25, 0.3) is 11.1 Å². The van der Waals surface area contributed by atoms with Crippen molar-refractivity contribution < 1.29 is 23.4 Å². The first-order valence-corrected chi connectivity index (χ1v) is 18.4. The van der Waals surface area contributed by atoms with E-state index in [9.17, 15) is 5.11 Å². The first-order valence-electron chi connectivity index (χ1n) is 18.4. The van der Waals surface area contributed by atoms with Crippen LogP contribution < -0.4 is 10.6 Å². The van der Waals surface area contributed by atoms with Gasteiger partial charge in [-0.1, -0.05) is 6.42 Å². The molecule has 0 radical (unpaired) electrons. The van der Waals surface area contributed by atoms with E-state index in [0.29, 0.717) is 47.7 Å². The fourth-order valence-electron chi connectivity index (χ4n) is 9.83. The maximum atomic E-state index is 17.0. The predicted molar refractivity (Wildman–Crippen MR) is 184 cm³/mol. The molecule has 0 aromatic heterocycles. The number of amidine groups is 1. The summed E-state index contributed by atoms with van der Waals surface area (Å²) in [5.41, 5.74) is 3.07. The number of aryl methyl sites for hydroxylation is 1. The molecule has 0 amide bonds. The van der Waals surface area contributed by atoms with Crippen molar-refractivity contribution in [2.24, 2.45) is 4.99 Å². The van der Waals surface area contributed by atoms with Gasteiger partial charge < -0.3 is 30.1 Å². The van der Waals surface area contributed by atoms with Gasteiger partial charge in [-0.15, -0.1) is 0 Å². The van der Waals surface area contributed by atoms with Gasteiger partial charge in [0.1, 0.15) is 17.4 Å². The first kappa shape index (κ1) is 32.4. The van der Waals surface area contributed by atoms with Crippen LogP contribution in [0.5, 0.6) is 5.75 Å². The smallest absolute Gasteiger partial charge is 0.227 e. The molecule has 4 fully saturated rings. The molecule has 2 aromatic rings. The summed E-state index contributed by atoms with van der Waals surface area (Å²) in [6.45, 7) is 7.28. The molecule has 260 valence electrons. The van der Waals surface area contributed by atoms with E-state index >= 15 is 8.78 Å². The van der Waals surface area contributed by atoms with Crippen molar-refractivity contribution in [1.29, 1.82) is 0 Å². The van der Waals surface area contributed by atoms with Crippen molar-refractivity contribution in [2.75, 3.05) is 38.7 Å². The van der Waals surface area contributed by atoms with Gasteiger partial charge in [0, 0.05) is 56.5 Å². The molecule has 4 aliphatic heterocycles. The molecule has 6 unspecified atom stereocenters. The van der Waals surface area contributed by atoms with Crippen LogP contribution in [-0.4, -0.2) is 90.7 Å². The zero-order chi connectivity index (χ0) is 33.2. The number of aromatic hydroxyl groups is 1. The zero-order valence-corrected chi connectivity index (χ0v) is 28.7. The van der Waals surface area contributed by atoms with Gasteiger partial charge in [-0.3, -0.25) is 4.90 Å². The average Bonchev–Trinajstić information content (AvgIpc) is 3.72. The van der Waals surface area contributed by atoms with Gasteiger partial charge >= 0.3 is 0 Å². The molecule has 6 atom stereocenters. The summed E-state index contributed by atoms with van der Waals surface area (Å²) < 4.78 is 45.3. The normalized spacial score (nSPS) is 29.4. The molecular weight excluding hydrogens is 612 g/mol. The molecule has 2 bridgehead atoms. The maximum absolute atomic E-state index is 17.0. The van der Waals surface area contributed by atoms with Crippen molar-refractivity contribution in [3.8, 4) is 16.9 Å². The van der Waals surface area contributed by atoms with Gasteiger partial charge in [0.25, 0.3) is 0 Å². The second kappa shape index (κ2) is 12.8. The monoisotopic (exact) mass is 663 g/mol. The molecule has 10 heteroatoms. The van der Waals surface area contributed by atoms with E-state index in [-0.39, 0.29) is 28.5 Å². The summed E-state index contributed by atoms with van der Waals surface area (Å²) in [6, 6.07) is 6.50. The number of phenolic OH excluding ortho intramolecular Hbond substituents is 1. The minimum absolute atomic E-state index is 0.0492. The number of halogens is 2. The number of benzene rings is 2. The third-order valence-corrected chi connectivity index (χ3v) is 12.5. The van der Waals surface area contributed by atoms with Crippen molar-refractivity contribution in [1.82, 2.24) is 15.1 Å². The fraction of sp³-hybridized carbons (Fsp3) is 0.658. The van der Waals surface area contributed by atoms with Crippen LogP contribution in [0.15, 0.2) is 23.2 Å². The van der Waals surface area contributed by atoms with Crippen LogP contribution in [0.3, 0.4) is 0 Å². The molecule has 8 nitrogen and oxygen atoms in total. The fourth-order valence-corrected chi connectivity index (χ4v) is 9.83. The second-order valence-electron chi connectivity index (χ2n) is 15.4. The van der Waals surface area contributed by atoms with Crippen LogP contribution in [0, 0.1) is 11.6 Å². The zero-order valence-electron chi connectivity index (χ0n) is 28.7. The van der Waals surface area contributed by atoms with Gasteiger partial charge in [0.15, 0.2) is 5.82 Å². The summed E-state index contributed by atoms with van der Waals surface area (Å²) in [6.07, 6.45) is 10.8. The molecule has 4 heterocycles. The van der Waals surface area contributed by atoms with Gasteiger partial charge in [-0.05, 0) is 118 Å². The molecule has 1 spiro atoms. The number of hydrogen-bond donors (Lipinski definition) is 3. The highest BCUT2D eigenvalue weighted by atomic mass is 19.1. The third-order valence-electron chi connectivity index (χ3n) is 12.5. The number of aliphatic imine (C=N–C) groups is 1. The lowest BCUT2D eigenvalue weighted by molar-refractivity contribution is 0.0540. The van der Waals surface area contributed by atoms with Gasteiger partial charge in [-0.2, -0.15) is 0 Å². The van der Waals surface area contributed by atoms with Crippen molar-refractivity contribution in [2.45, 2.75) is 127 Å². The topological polar surface area (TPSA) is 81.6 Å². The number of anilines is 1. The Morgan fingerprint density at radius 1 is 1.06 bits per heavy atom. The Morgan fingerprint density at radius 2 is 1.85 bits per heavy atom. The van der Waals surface area contributed by atoms with E-state index in [2.05, 4.69) is 34.3 Å². The highest BCUT2D eigenvalue weighted by Gasteiger charge is 2.46. The van der Waals surface area contributed by atoms with Crippen LogP contribution in [0.1, 0.15) is 94.7 Å². The largest absolute Gasteiger partial charge is 0.508 e. The average molecular weight is 664 g/mol. The van der Waals surface area contributed by atoms with Crippen LogP contribution in [0.2, 0.25) is 0 Å². The molecule has 48 heavy (non-hydrogen) atoms. The van der Waals surface area contributed by atoms with Crippen LogP contribution in [0.4, 0.5) is 14.5 Å². The summed E-state index contributed by atoms with van der Waals surface area (Å²) in [4.78, 5) is 9.74. The van der Waals surface area contributed by atoms with E-state index in [1.807, 2.05) is 0 Å². The van der Waals surface area contributed by atoms with E-state index < -0.39 is 18.0 Å². The Morgan fingerprint density at radius 3 is 2.58 bits per heavy atom. The molecule has 3 N–H and O–H groups in total. The summed E-state index contributed by atoms with van der Waals surface area (Å²) in [5, 5.41) is 17.6. The predicted octanol–water partition coefficient (Wildman–Crippen LogP) is 6.28. The second-order valence-corrected chi connectivity index (χ2v) is 15.4. The van der Waals surface area contributed by atoms with E-state index in [1.165, 1.54) is 18.9 Å². The number of fused-ring (bicyclic) bond motifs is 5. The minimum Gasteiger partial charge on any atom is -0.508 e. The van der Waals surface area contributed by atoms with E-state index in [0.717, 1.165) is 88.5 Å². The lowest BCUT2D eigenvalue weighted by atomic mass is 9.63. The van der Waals surface area contributed by atoms with Crippen molar-refractivity contribution in [3.63, 3.8) is 0 Å². The summed E-state index contributed by atoms with van der Waals surface area (Å²) in [7, 11) is 1.78. The molecular formula is C38H51F2N5O3. The molecule has 3 saturated heterocycles. The highest BCUT2D eigenvalue weighted by molar-refractivity contribution is 6.06. The number of piperazine rings is 1. The number of nitrogens with zero attached hydrogens (tertiary/aromatic N) is 3. The molecule has 8 rings (SSSR count). The Balaban J connectivity index is 1.08. The number of hydrogen-bond acceptors (Lipinski definition) is 8. The minimum atomic E-state index is -0.791. The quantitative estimate of drug-likeness (QED) is 0.273. The molecule has 2 aliphatic carbocycles. The SMILES string of the molecule is COC(C)CC1CCC(C)N1CCCOC1N=C(N2CC3CCC(C2)N3)c2cc(F)c(-c3cc(O)cc4c3C3(CCC3)CC4)c(F)c2N1. The maximum Gasteiger partial charge on any atom is 0.227 e. The van der Waals surface area contributed by atoms with E-state index in [4.69, 9.17) is 14.5 Å². The van der Waals surface area contributed by atoms with Crippen LogP contribution in [-0.2, 0) is 21.3 Å². The third kappa shape index (κ3) is 5.70. The standard InChI is InChI=1S/C38H51F2N5O3/c1-22-6-9-27(16-23(2)47-3)45(22)14-5-15-48-37-42-35-30(36(43-37)44-20-25-7-8-26(21-44)41-25)19-31(39)32(34(35)40)29-18-28(46)17-24-10-13-38(33(24)29)11-4-12-38/h17-19,22-23,25-27,37,41-42,46H,4-16,20-21H2,1-3H3. The lowest BCUT2D eigenvalue weighted by Gasteiger charge is -2.41. The van der Waals surface area contributed by atoms with Crippen molar-refractivity contribution in [3.05, 3.63) is 46.5 Å². The Labute approximate surface area is 283 Å². The highest BCUT2D eigenvalue weighted by Crippen LogP contribution is 2.57. The number of nitrogens with one attached hydrogen (secondary N) is 2. The number of ether oxygens (including phenoxy) is 2. The number of likely N-dealkylation sites (tertiary alicyclic amines) is 2. The van der Waals surface area contributed by atoms with Gasteiger partial charge in [0.05, 0.1) is 24.0 Å². The molecule has 2 aromatic carbocycles. The lowest BCUT2D eigenvalue weighted by Crippen LogP contribution is -2.54. The van der Waals surface area contributed by atoms with Gasteiger partial charge in [-0.25, -0.2) is 13.8 Å². The Hall–Kier alpha value is -2.79. The Kier molecular flexibility index (Phi) is 8.66. The number of methoxy groups -OCH3 is 1. The summed E-state index contributed by atoms with van der Waals surface area (Å²) in [5.74, 6) is -0.616. The summed E-state index contributed by atoms with van der Waals surface area (Å²) >= 11 is 0. The van der Waals surface area contributed by atoms with Crippen molar-refractivity contribution >= 4 is 11.5 Å². The molecule has 6 aliphatic rings. The number of phenols is 1. The molecule has 1 saturated carbocycles. The van der Waals surface area contributed by atoms with Gasteiger partial charge in [0.2, 0.25) is 6.35 Å². The number of rotatable bonds is 9.